The maximum absolute atomic E-state index is 9.91. The zero-order chi connectivity index (χ0) is 13.0. The SMILES string of the molecule is CC(C)n1cncc1CNCC1CCCCC1O. The van der Waals surface area contributed by atoms with Crippen molar-refractivity contribution in [2.24, 2.45) is 5.92 Å². The van der Waals surface area contributed by atoms with Crippen molar-refractivity contribution in [3.63, 3.8) is 0 Å². The fraction of sp³-hybridized carbons (Fsp3) is 0.786. The molecule has 0 aliphatic heterocycles. The van der Waals surface area contributed by atoms with E-state index in [1.807, 2.05) is 12.5 Å². The number of aliphatic hydroxyl groups is 1. The minimum atomic E-state index is -0.110. The number of nitrogens with one attached hydrogen (secondary N) is 1. The van der Waals surface area contributed by atoms with Gasteiger partial charge in [0.2, 0.25) is 0 Å². The Balaban J connectivity index is 1.79. The molecule has 2 N–H and O–H groups in total. The maximum Gasteiger partial charge on any atom is 0.0951 e. The second-order valence-electron chi connectivity index (χ2n) is 5.63. The third-order valence-corrected chi connectivity index (χ3v) is 3.88. The number of hydrogen-bond acceptors (Lipinski definition) is 3. The molecule has 2 atom stereocenters. The fourth-order valence-corrected chi connectivity index (χ4v) is 2.75. The van der Waals surface area contributed by atoms with Crippen molar-refractivity contribution in [3.8, 4) is 0 Å². The predicted molar refractivity (Wildman–Crippen MR) is 72.3 cm³/mol. The van der Waals surface area contributed by atoms with Gasteiger partial charge in [0, 0.05) is 25.3 Å². The highest BCUT2D eigenvalue weighted by molar-refractivity contribution is 4.99. The molecule has 2 unspecified atom stereocenters. The van der Waals surface area contributed by atoms with E-state index in [0.717, 1.165) is 25.9 Å². The standard InChI is InChI=1S/C14H25N3O/c1-11(2)17-10-16-9-13(17)8-15-7-12-5-3-4-6-14(12)18/h9-12,14-15,18H,3-8H2,1-2H3. The molecule has 1 heterocycles. The molecule has 0 aromatic carbocycles. The molecule has 1 aliphatic rings. The van der Waals surface area contributed by atoms with Crippen molar-refractivity contribution >= 4 is 0 Å². The lowest BCUT2D eigenvalue weighted by Crippen LogP contribution is -2.33. The summed E-state index contributed by atoms with van der Waals surface area (Å²) in [5.74, 6) is 0.425. The molecule has 0 spiro atoms. The Morgan fingerprint density at radius 2 is 2.22 bits per heavy atom. The van der Waals surface area contributed by atoms with Gasteiger partial charge in [-0.25, -0.2) is 4.98 Å². The van der Waals surface area contributed by atoms with Gasteiger partial charge in [0.15, 0.2) is 0 Å². The molecule has 0 saturated heterocycles. The summed E-state index contributed by atoms with van der Waals surface area (Å²) in [6.07, 6.45) is 8.25. The van der Waals surface area contributed by atoms with Crippen LogP contribution in [0.5, 0.6) is 0 Å². The Bertz CT molecular complexity index is 362. The van der Waals surface area contributed by atoms with E-state index in [4.69, 9.17) is 0 Å². The number of aliphatic hydroxyl groups excluding tert-OH is 1. The van der Waals surface area contributed by atoms with Gasteiger partial charge < -0.3 is 15.0 Å². The summed E-state index contributed by atoms with van der Waals surface area (Å²) in [6, 6.07) is 0.449. The van der Waals surface area contributed by atoms with E-state index in [1.54, 1.807) is 0 Å². The Labute approximate surface area is 109 Å². The Morgan fingerprint density at radius 1 is 1.44 bits per heavy atom. The second kappa shape index (κ2) is 6.34. The van der Waals surface area contributed by atoms with Gasteiger partial charge >= 0.3 is 0 Å². The van der Waals surface area contributed by atoms with E-state index in [9.17, 15) is 5.11 Å². The molecule has 18 heavy (non-hydrogen) atoms. The molecule has 1 saturated carbocycles. The van der Waals surface area contributed by atoms with Crippen molar-refractivity contribution in [1.82, 2.24) is 14.9 Å². The van der Waals surface area contributed by atoms with Crippen molar-refractivity contribution < 1.29 is 5.11 Å². The summed E-state index contributed by atoms with van der Waals surface area (Å²) in [5, 5.41) is 13.4. The van der Waals surface area contributed by atoms with Crippen molar-refractivity contribution in [2.45, 2.75) is 58.2 Å². The largest absolute Gasteiger partial charge is 0.393 e. The average Bonchev–Trinajstić information content (AvgIpc) is 2.80. The first-order chi connectivity index (χ1) is 8.68. The molecule has 4 heteroatoms. The topological polar surface area (TPSA) is 50.1 Å². The molecule has 1 aromatic heterocycles. The van der Waals surface area contributed by atoms with Crippen LogP contribution in [0.3, 0.4) is 0 Å². The summed E-state index contributed by atoms with van der Waals surface area (Å²) in [5.41, 5.74) is 1.22. The van der Waals surface area contributed by atoms with Crippen molar-refractivity contribution in [2.75, 3.05) is 6.54 Å². The molecular formula is C14H25N3O. The molecule has 0 radical (unpaired) electrons. The van der Waals surface area contributed by atoms with Gasteiger partial charge in [-0.1, -0.05) is 12.8 Å². The smallest absolute Gasteiger partial charge is 0.0951 e. The van der Waals surface area contributed by atoms with Gasteiger partial charge in [0.1, 0.15) is 0 Å². The number of aromatic nitrogens is 2. The summed E-state index contributed by atoms with van der Waals surface area (Å²) in [7, 11) is 0. The van der Waals surface area contributed by atoms with Crippen LogP contribution in [0.1, 0.15) is 51.3 Å². The molecular weight excluding hydrogens is 226 g/mol. The van der Waals surface area contributed by atoms with Crippen LogP contribution in [0.4, 0.5) is 0 Å². The van der Waals surface area contributed by atoms with E-state index in [2.05, 4.69) is 28.7 Å². The highest BCUT2D eigenvalue weighted by Crippen LogP contribution is 2.23. The highest BCUT2D eigenvalue weighted by atomic mass is 16.3. The molecule has 1 aliphatic carbocycles. The lowest BCUT2D eigenvalue weighted by molar-refractivity contribution is 0.0694. The van der Waals surface area contributed by atoms with E-state index < -0.39 is 0 Å². The summed E-state index contributed by atoms with van der Waals surface area (Å²) >= 11 is 0. The highest BCUT2D eigenvalue weighted by Gasteiger charge is 2.22. The lowest BCUT2D eigenvalue weighted by Gasteiger charge is -2.27. The normalized spacial score (nSPS) is 24.7. The van der Waals surface area contributed by atoms with Gasteiger partial charge in [-0.3, -0.25) is 0 Å². The third kappa shape index (κ3) is 3.33. The molecule has 2 rings (SSSR count). The van der Waals surface area contributed by atoms with Crippen molar-refractivity contribution in [1.29, 1.82) is 0 Å². The first kappa shape index (κ1) is 13.6. The molecule has 0 bridgehead atoms. The van der Waals surface area contributed by atoms with Crippen LogP contribution in [-0.2, 0) is 6.54 Å². The maximum atomic E-state index is 9.91. The minimum absolute atomic E-state index is 0.110. The number of hydrogen-bond donors (Lipinski definition) is 2. The van der Waals surface area contributed by atoms with Crippen molar-refractivity contribution in [3.05, 3.63) is 18.2 Å². The molecule has 1 aromatic rings. The van der Waals surface area contributed by atoms with E-state index >= 15 is 0 Å². The summed E-state index contributed by atoms with van der Waals surface area (Å²) in [4.78, 5) is 4.20. The number of nitrogens with zero attached hydrogens (tertiary/aromatic N) is 2. The van der Waals surface area contributed by atoms with E-state index in [0.29, 0.717) is 12.0 Å². The van der Waals surface area contributed by atoms with Gasteiger partial charge in [0.25, 0.3) is 0 Å². The minimum Gasteiger partial charge on any atom is -0.393 e. The van der Waals surface area contributed by atoms with E-state index in [-0.39, 0.29) is 6.10 Å². The van der Waals surface area contributed by atoms with Gasteiger partial charge in [-0.05, 0) is 32.6 Å². The second-order valence-corrected chi connectivity index (χ2v) is 5.63. The Kier molecular flexibility index (Phi) is 4.78. The Hall–Kier alpha value is -0.870. The summed E-state index contributed by atoms with van der Waals surface area (Å²) < 4.78 is 2.18. The molecule has 4 nitrogen and oxygen atoms in total. The third-order valence-electron chi connectivity index (χ3n) is 3.88. The molecule has 1 fully saturated rings. The zero-order valence-electron chi connectivity index (χ0n) is 11.5. The van der Waals surface area contributed by atoms with Gasteiger partial charge in [-0.2, -0.15) is 0 Å². The van der Waals surface area contributed by atoms with E-state index in [1.165, 1.54) is 18.5 Å². The summed E-state index contributed by atoms with van der Waals surface area (Å²) in [6.45, 7) is 6.07. The first-order valence-corrected chi connectivity index (χ1v) is 7.08. The van der Waals surface area contributed by atoms with Gasteiger partial charge in [0.05, 0.1) is 18.1 Å². The van der Waals surface area contributed by atoms with Crippen LogP contribution in [0.15, 0.2) is 12.5 Å². The van der Waals surface area contributed by atoms with Crippen LogP contribution < -0.4 is 5.32 Å². The fourth-order valence-electron chi connectivity index (χ4n) is 2.75. The quantitative estimate of drug-likeness (QED) is 0.842. The zero-order valence-corrected chi connectivity index (χ0v) is 11.5. The molecule has 0 amide bonds. The van der Waals surface area contributed by atoms with Crippen LogP contribution in [-0.4, -0.2) is 27.3 Å². The average molecular weight is 251 g/mol. The first-order valence-electron chi connectivity index (χ1n) is 7.08. The molecule has 102 valence electrons. The van der Waals surface area contributed by atoms with Crippen LogP contribution >= 0.6 is 0 Å². The van der Waals surface area contributed by atoms with Crippen LogP contribution in [0, 0.1) is 5.92 Å². The van der Waals surface area contributed by atoms with Crippen LogP contribution in [0.2, 0.25) is 0 Å². The Morgan fingerprint density at radius 3 is 2.94 bits per heavy atom. The monoisotopic (exact) mass is 251 g/mol. The number of rotatable bonds is 5. The predicted octanol–water partition coefficient (Wildman–Crippen LogP) is 2.10. The van der Waals surface area contributed by atoms with Gasteiger partial charge in [-0.15, -0.1) is 0 Å². The lowest BCUT2D eigenvalue weighted by atomic mass is 9.86. The van der Waals surface area contributed by atoms with Crippen LogP contribution in [0.25, 0.3) is 0 Å². The number of imidazole rings is 1.